The number of hydrogen-bond acceptors (Lipinski definition) is 7. The third kappa shape index (κ3) is 3.49. The van der Waals surface area contributed by atoms with Crippen LogP contribution in [0.1, 0.15) is 23.3 Å². The van der Waals surface area contributed by atoms with Crippen LogP contribution in [0.2, 0.25) is 0 Å². The van der Waals surface area contributed by atoms with Gasteiger partial charge in [-0.05, 0) is 37.1 Å². The van der Waals surface area contributed by atoms with Crippen molar-refractivity contribution in [1.82, 2.24) is 35.4 Å². The monoisotopic (exact) mass is 365 g/mol. The van der Waals surface area contributed by atoms with E-state index in [2.05, 4.69) is 25.7 Å². The highest BCUT2D eigenvalue weighted by Gasteiger charge is 2.24. The Kier molecular flexibility index (Phi) is 4.75. The molecule has 0 aromatic carbocycles. The average Bonchev–Trinajstić information content (AvgIpc) is 3.20. The number of rotatable bonds is 4. The molecule has 1 aliphatic heterocycles. The van der Waals surface area contributed by atoms with Gasteiger partial charge in [0, 0.05) is 25.4 Å². The van der Waals surface area contributed by atoms with Crippen LogP contribution in [0.25, 0.3) is 17.2 Å². The number of carbonyl (C=O) groups excluding carboxylic acids is 1. The fourth-order valence-electron chi connectivity index (χ4n) is 2.89. The van der Waals surface area contributed by atoms with Gasteiger partial charge in [-0.1, -0.05) is 6.07 Å². The number of methoxy groups -OCH3 is 1. The van der Waals surface area contributed by atoms with Crippen LogP contribution in [0, 0.1) is 0 Å². The highest BCUT2D eigenvalue weighted by Crippen LogP contribution is 2.22. The first kappa shape index (κ1) is 17.1. The molecule has 4 heterocycles. The largest absolute Gasteiger partial charge is 0.480 e. The van der Waals surface area contributed by atoms with Gasteiger partial charge in [0.1, 0.15) is 0 Å². The summed E-state index contributed by atoms with van der Waals surface area (Å²) in [6.45, 7) is 1.44. The number of pyridine rings is 1. The molecule has 0 radical (unpaired) electrons. The summed E-state index contributed by atoms with van der Waals surface area (Å²) in [5.74, 6) is 0.702. The topological polar surface area (TPSA) is 98.1 Å². The van der Waals surface area contributed by atoms with Crippen molar-refractivity contribution < 1.29 is 9.53 Å². The van der Waals surface area contributed by atoms with Gasteiger partial charge in [-0.25, -0.2) is 10.1 Å². The van der Waals surface area contributed by atoms with E-state index in [0.29, 0.717) is 35.3 Å². The number of ether oxygens (including phenoxy) is 1. The number of aromatic nitrogens is 5. The van der Waals surface area contributed by atoms with E-state index in [9.17, 15) is 4.79 Å². The lowest BCUT2D eigenvalue weighted by atomic mass is 10.2. The average molecular weight is 365 g/mol. The van der Waals surface area contributed by atoms with Gasteiger partial charge >= 0.3 is 0 Å². The van der Waals surface area contributed by atoms with Crippen molar-refractivity contribution in [1.29, 1.82) is 0 Å². The quantitative estimate of drug-likeness (QED) is 0.748. The molecule has 0 spiro atoms. The van der Waals surface area contributed by atoms with Crippen LogP contribution in [-0.4, -0.2) is 56.1 Å². The van der Waals surface area contributed by atoms with Crippen LogP contribution in [0.4, 0.5) is 0 Å². The van der Waals surface area contributed by atoms with Gasteiger partial charge in [0.05, 0.1) is 18.5 Å². The van der Waals surface area contributed by atoms with Gasteiger partial charge in [-0.3, -0.25) is 14.8 Å². The van der Waals surface area contributed by atoms with Crippen LogP contribution < -0.4 is 10.2 Å². The Morgan fingerprint density at radius 3 is 2.78 bits per heavy atom. The standard InChI is InChI=1S/C18H19N7O2/c1-27-17-8-7-16(21-22-17)25-15(13-6-2-3-9-19-13)12-14(23-25)18(26)24-11-5-4-10-20-24/h2-3,6-9,12,20H,4-5,10-11H2,1H3. The second-order valence-corrected chi connectivity index (χ2v) is 6.05. The molecule has 1 fully saturated rings. The predicted molar refractivity (Wildman–Crippen MR) is 97.2 cm³/mol. The van der Waals surface area contributed by atoms with E-state index in [1.807, 2.05) is 18.2 Å². The maximum atomic E-state index is 12.8. The van der Waals surface area contributed by atoms with Crippen molar-refractivity contribution in [2.24, 2.45) is 0 Å². The molecule has 4 rings (SSSR count). The molecule has 0 unspecified atom stereocenters. The Labute approximate surface area is 156 Å². The van der Waals surface area contributed by atoms with Gasteiger partial charge in [0.15, 0.2) is 11.5 Å². The van der Waals surface area contributed by atoms with Crippen LogP contribution >= 0.6 is 0 Å². The van der Waals surface area contributed by atoms with Crippen molar-refractivity contribution in [3.8, 4) is 23.1 Å². The molecule has 9 nitrogen and oxygen atoms in total. The molecule has 0 bridgehead atoms. The summed E-state index contributed by atoms with van der Waals surface area (Å²) in [7, 11) is 1.53. The number of carbonyl (C=O) groups is 1. The van der Waals surface area contributed by atoms with Crippen molar-refractivity contribution >= 4 is 5.91 Å². The lowest BCUT2D eigenvalue weighted by molar-refractivity contribution is 0.0604. The molecule has 1 saturated heterocycles. The van der Waals surface area contributed by atoms with Gasteiger partial charge in [0.2, 0.25) is 5.88 Å². The lowest BCUT2D eigenvalue weighted by Gasteiger charge is -2.26. The van der Waals surface area contributed by atoms with E-state index in [-0.39, 0.29) is 5.91 Å². The molecule has 1 N–H and O–H groups in total. The summed E-state index contributed by atoms with van der Waals surface area (Å²) in [4.78, 5) is 17.2. The van der Waals surface area contributed by atoms with Crippen molar-refractivity contribution in [3.05, 3.63) is 48.3 Å². The highest BCUT2D eigenvalue weighted by molar-refractivity contribution is 5.93. The smallest absolute Gasteiger partial charge is 0.288 e. The molecule has 0 saturated carbocycles. The second-order valence-electron chi connectivity index (χ2n) is 6.05. The first-order valence-electron chi connectivity index (χ1n) is 8.71. The molecule has 138 valence electrons. The number of nitrogens with one attached hydrogen (secondary N) is 1. The molecule has 0 atom stereocenters. The number of hydrazine groups is 1. The Hall–Kier alpha value is -3.33. The third-order valence-electron chi connectivity index (χ3n) is 4.26. The third-order valence-corrected chi connectivity index (χ3v) is 4.26. The van der Waals surface area contributed by atoms with Gasteiger partial charge in [0.25, 0.3) is 5.91 Å². The first-order valence-corrected chi connectivity index (χ1v) is 8.71. The van der Waals surface area contributed by atoms with Crippen LogP contribution in [0.5, 0.6) is 5.88 Å². The number of nitrogens with zero attached hydrogens (tertiary/aromatic N) is 6. The molecule has 9 heteroatoms. The highest BCUT2D eigenvalue weighted by atomic mass is 16.5. The molecular formula is C18H19N7O2. The van der Waals surface area contributed by atoms with Crippen LogP contribution in [0.15, 0.2) is 42.6 Å². The van der Waals surface area contributed by atoms with Crippen molar-refractivity contribution in [2.45, 2.75) is 12.8 Å². The maximum absolute atomic E-state index is 12.8. The molecule has 3 aromatic heterocycles. The van der Waals surface area contributed by atoms with Crippen molar-refractivity contribution in [2.75, 3.05) is 20.2 Å². The molecule has 1 aliphatic rings. The van der Waals surface area contributed by atoms with E-state index in [0.717, 1.165) is 19.4 Å². The predicted octanol–water partition coefficient (Wildman–Crippen LogP) is 1.47. The summed E-state index contributed by atoms with van der Waals surface area (Å²) < 4.78 is 6.63. The molecular weight excluding hydrogens is 346 g/mol. The van der Waals surface area contributed by atoms with Crippen molar-refractivity contribution in [3.63, 3.8) is 0 Å². The normalized spacial score (nSPS) is 14.2. The minimum atomic E-state index is -0.174. The zero-order chi connectivity index (χ0) is 18.6. The Balaban J connectivity index is 1.75. The van der Waals surface area contributed by atoms with Gasteiger partial charge in [-0.2, -0.15) is 5.10 Å². The molecule has 1 amide bonds. The fraction of sp³-hybridized carbons (Fsp3) is 0.278. The van der Waals surface area contributed by atoms with Gasteiger partial charge in [-0.15, -0.1) is 10.2 Å². The summed E-state index contributed by atoms with van der Waals surface area (Å²) in [6.07, 6.45) is 3.72. The Morgan fingerprint density at radius 2 is 2.11 bits per heavy atom. The van der Waals surface area contributed by atoms with Crippen LogP contribution in [-0.2, 0) is 0 Å². The summed E-state index contributed by atoms with van der Waals surface area (Å²) >= 11 is 0. The second kappa shape index (κ2) is 7.50. The number of hydrogen-bond donors (Lipinski definition) is 1. The summed E-state index contributed by atoms with van der Waals surface area (Å²) in [5, 5.41) is 14.2. The summed E-state index contributed by atoms with van der Waals surface area (Å²) in [5.41, 5.74) is 4.79. The Bertz CT molecular complexity index is 919. The number of amides is 1. The van der Waals surface area contributed by atoms with E-state index in [1.165, 1.54) is 7.11 Å². The lowest BCUT2D eigenvalue weighted by Crippen LogP contribution is -2.47. The van der Waals surface area contributed by atoms with E-state index in [1.54, 1.807) is 34.1 Å². The molecule has 27 heavy (non-hydrogen) atoms. The summed E-state index contributed by atoms with van der Waals surface area (Å²) in [6, 6.07) is 10.7. The van der Waals surface area contributed by atoms with E-state index >= 15 is 0 Å². The first-order chi connectivity index (χ1) is 13.3. The van der Waals surface area contributed by atoms with E-state index in [4.69, 9.17) is 4.74 Å². The molecule has 3 aromatic rings. The molecule has 0 aliphatic carbocycles. The minimum Gasteiger partial charge on any atom is -0.480 e. The zero-order valence-corrected chi connectivity index (χ0v) is 14.9. The van der Waals surface area contributed by atoms with E-state index < -0.39 is 0 Å². The SMILES string of the molecule is COc1ccc(-n2nc(C(=O)N3CCCCN3)cc2-c2ccccn2)nn1. The zero-order valence-electron chi connectivity index (χ0n) is 14.9. The Morgan fingerprint density at radius 1 is 1.19 bits per heavy atom. The fourth-order valence-corrected chi connectivity index (χ4v) is 2.89. The van der Waals surface area contributed by atoms with Gasteiger partial charge < -0.3 is 4.74 Å². The maximum Gasteiger partial charge on any atom is 0.288 e. The minimum absolute atomic E-state index is 0.174. The van der Waals surface area contributed by atoms with Crippen LogP contribution in [0.3, 0.4) is 0 Å².